The van der Waals surface area contributed by atoms with E-state index in [1.165, 1.54) is 4.80 Å². The Labute approximate surface area is 151 Å². The Bertz CT molecular complexity index is 829. The molecule has 0 aliphatic carbocycles. The molecule has 0 aliphatic heterocycles. The summed E-state index contributed by atoms with van der Waals surface area (Å²) >= 11 is 0. The number of amides is 1. The average molecular weight is 353 g/mol. The van der Waals surface area contributed by atoms with Gasteiger partial charge in [0, 0.05) is 11.3 Å². The number of carbonyl (C=O) groups is 1. The molecule has 2 N–H and O–H groups in total. The minimum atomic E-state index is -0.189. The van der Waals surface area contributed by atoms with E-state index in [0.29, 0.717) is 23.8 Å². The van der Waals surface area contributed by atoms with Crippen molar-refractivity contribution in [3.63, 3.8) is 0 Å². The van der Waals surface area contributed by atoms with Crippen LogP contribution in [0.5, 0.6) is 5.75 Å². The molecule has 1 heterocycles. The normalized spacial score (nSPS) is 10.7. The molecule has 3 rings (SSSR count). The number of aromatic amines is 1. The zero-order valence-corrected chi connectivity index (χ0v) is 14.7. The second kappa shape index (κ2) is 8.19. The van der Waals surface area contributed by atoms with Gasteiger partial charge >= 0.3 is 0 Å². The number of benzene rings is 2. The minimum absolute atomic E-state index is 0.189. The number of hydrogen-bond donors (Lipinski definition) is 2. The molecule has 26 heavy (non-hydrogen) atoms. The van der Waals surface area contributed by atoms with E-state index in [0.717, 1.165) is 17.9 Å². The van der Waals surface area contributed by atoms with Gasteiger partial charge in [0.1, 0.15) is 11.0 Å². The Balaban J connectivity index is 1.57. The summed E-state index contributed by atoms with van der Waals surface area (Å²) in [5, 5.41) is 16.2. The molecule has 0 saturated carbocycles. The van der Waals surface area contributed by atoms with E-state index >= 15 is 0 Å². The fraction of sp³-hybridized carbons (Fsp3) is 0.278. The number of rotatable bonds is 7. The predicted molar refractivity (Wildman–Crippen MR) is 95.1 cm³/mol. The predicted octanol–water partition coefficient (Wildman–Crippen LogP) is 2.15. The molecule has 0 radical (unpaired) electrons. The number of hydrogen-bond acceptors (Lipinski definition) is 5. The standard InChI is InChI=1S/C18H20N6O2/c1-13(2)11-12-26-17-9-5-15(6-10-17)19-18(25)14-3-7-16(8-4-14)24-22-20-21-23-24/h3-10,13H,11-12H2,1-2H3,(H,19,25)/p+1. The van der Waals surface area contributed by atoms with Gasteiger partial charge in [-0.1, -0.05) is 13.8 Å². The van der Waals surface area contributed by atoms with Crippen LogP contribution in [0.15, 0.2) is 48.5 Å². The fourth-order valence-corrected chi connectivity index (χ4v) is 2.26. The first kappa shape index (κ1) is 17.5. The summed E-state index contributed by atoms with van der Waals surface area (Å²) in [7, 11) is 0. The van der Waals surface area contributed by atoms with Crippen LogP contribution in [0, 0.1) is 5.92 Å². The number of nitrogens with zero attached hydrogens (tertiary/aromatic N) is 4. The topological polar surface area (TPSA) is 96.7 Å². The summed E-state index contributed by atoms with van der Waals surface area (Å²) in [6.07, 6.45) is 1.01. The maximum atomic E-state index is 12.3. The van der Waals surface area contributed by atoms with Crippen LogP contribution in [0.3, 0.4) is 0 Å². The van der Waals surface area contributed by atoms with Crippen LogP contribution in [-0.2, 0) is 0 Å². The van der Waals surface area contributed by atoms with Gasteiger partial charge in [0.2, 0.25) is 10.4 Å². The lowest BCUT2D eigenvalue weighted by Crippen LogP contribution is -2.36. The first-order valence-corrected chi connectivity index (χ1v) is 8.42. The summed E-state index contributed by atoms with van der Waals surface area (Å²) in [6.45, 7) is 5.01. The molecule has 0 saturated heterocycles. The third-order valence-corrected chi connectivity index (χ3v) is 3.76. The number of anilines is 1. The molecule has 0 unspecified atom stereocenters. The Morgan fingerprint density at radius 1 is 1.15 bits per heavy atom. The second-order valence-corrected chi connectivity index (χ2v) is 6.25. The van der Waals surface area contributed by atoms with E-state index in [9.17, 15) is 4.79 Å². The highest BCUT2D eigenvalue weighted by Gasteiger charge is 2.09. The Morgan fingerprint density at radius 3 is 2.50 bits per heavy atom. The number of carbonyl (C=O) groups excluding carboxylic acids is 1. The third-order valence-electron chi connectivity index (χ3n) is 3.76. The van der Waals surface area contributed by atoms with Gasteiger partial charge in [0.15, 0.2) is 5.69 Å². The highest BCUT2D eigenvalue weighted by atomic mass is 16.5. The Kier molecular flexibility index (Phi) is 5.52. The summed E-state index contributed by atoms with van der Waals surface area (Å²) in [6, 6.07) is 14.3. The molecule has 8 heteroatoms. The molecular weight excluding hydrogens is 332 g/mol. The quantitative estimate of drug-likeness (QED) is 0.635. The van der Waals surface area contributed by atoms with Gasteiger partial charge in [-0.2, -0.15) is 0 Å². The molecule has 0 bridgehead atoms. The van der Waals surface area contributed by atoms with Crippen molar-refractivity contribution in [3.8, 4) is 11.4 Å². The third kappa shape index (κ3) is 4.62. The Hall–Kier alpha value is -3.29. The van der Waals surface area contributed by atoms with Crippen molar-refractivity contribution >= 4 is 11.6 Å². The largest absolute Gasteiger partial charge is 0.494 e. The lowest BCUT2D eigenvalue weighted by molar-refractivity contribution is -0.719. The molecule has 8 nitrogen and oxygen atoms in total. The zero-order valence-electron chi connectivity index (χ0n) is 14.7. The molecular formula is C18H21N6O2+. The first-order chi connectivity index (χ1) is 12.6. The van der Waals surface area contributed by atoms with Gasteiger partial charge in [-0.25, -0.2) is 0 Å². The fourth-order valence-electron chi connectivity index (χ4n) is 2.26. The van der Waals surface area contributed by atoms with Gasteiger partial charge in [0.25, 0.3) is 5.91 Å². The molecule has 1 aromatic heterocycles. The Morgan fingerprint density at radius 2 is 1.88 bits per heavy atom. The zero-order chi connectivity index (χ0) is 18.4. The first-order valence-electron chi connectivity index (χ1n) is 8.42. The van der Waals surface area contributed by atoms with Crippen molar-refractivity contribution in [1.29, 1.82) is 0 Å². The smallest absolute Gasteiger partial charge is 0.255 e. The highest BCUT2D eigenvalue weighted by molar-refractivity contribution is 6.04. The van der Waals surface area contributed by atoms with Crippen LogP contribution in [0.25, 0.3) is 5.69 Å². The monoisotopic (exact) mass is 353 g/mol. The van der Waals surface area contributed by atoms with Crippen LogP contribution in [0.2, 0.25) is 0 Å². The molecule has 0 atom stereocenters. The van der Waals surface area contributed by atoms with Crippen molar-refractivity contribution in [1.82, 2.24) is 20.9 Å². The van der Waals surface area contributed by atoms with Crippen LogP contribution >= 0.6 is 0 Å². The van der Waals surface area contributed by atoms with Crippen molar-refractivity contribution < 1.29 is 14.3 Å². The molecule has 134 valence electrons. The highest BCUT2D eigenvalue weighted by Crippen LogP contribution is 2.17. The maximum absolute atomic E-state index is 12.3. The minimum Gasteiger partial charge on any atom is -0.494 e. The lowest BCUT2D eigenvalue weighted by Gasteiger charge is -2.09. The van der Waals surface area contributed by atoms with Crippen molar-refractivity contribution in [2.75, 3.05) is 11.9 Å². The number of aromatic nitrogens is 5. The molecule has 2 aromatic carbocycles. The summed E-state index contributed by atoms with van der Waals surface area (Å²) in [5.41, 5.74) is 1.98. The number of H-pyrrole nitrogens is 1. The van der Waals surface area contributed by atoms with Crippen molar-refractivity contribution in [2.24, 2.45) is 5.92 Å². The van der Waals surface area contributed by atoms with Gasteiger partial charge < -0.3 is 10.1 Å². The van der Waals surface area contributed by atoms with E-state index in [4.69, 9.17) is 4.74 Å². The lowest BCUT2D eigenvalue weighted by atomic mass is 10.1. The molecule has 0 spiro atoms. The van der Waals surface area contributed by atoms with Crippen molar-refractivity contribution in [3.05, 3.63) is 54.1 Å². The summed E-state index contributed by atoms with van der Waals surface area (Å²) < 4.78 is 5.68. The molecule has 0 fully saturated rings. The number of nitrogens with one attached hydrogen (secondary N) is 2. The van der Waals surface area contributed by atoms with Gasteiger partial charge in [-0.05, 0) is 70.9 Å². The van der Waals surface area contributed by atoms with Crippen LogP contribution < -0.4 is 14.9 Å². The van der Waals surface area contributed by atoms with E-state index in [1.807, 2.05) is 24.3 Å². The van der Waals surface area contributed by atoms with Crippen LogP contribution in [0.1, 0.15) is 30.6 Å². The van der Waals surface area contributed by atoms with Crippen molar-refractivity contribution in [2.45, 2.75) is 20.3 Å². The van der Waals surface area contributed by atoms with Gasteiger partial charge in [0.05, 0.1) is 6.61 Å². The van der Waals surface area contributed by atoms with E-state index in [-0.39, 0.29) is 5.91 Å². The SMILES string of the molecule is CC(C)CCOc1ccc(NC(=O)c2ccc(-[n+]3nnn[nH]3)cc2)cc1. The number of ether oxygens (including phenoxy) is 1. The van der Waals surface area contributed by atoms with E-state index in [1.54, 1.807) is 24.3 Å². The molecule has 1 amide bonds. The van der Waals surface area contributed by atoms with E-state index < -0.39 is 0 Å². The average Bonchev–Trinajstić information content (AvgIpc) is 3.18. The van der Waals surface area contributed by atoms with Gasteiger partial charge in [-0.15, -0.1) is 0 Å². The van der Waals surface area contributed by atoms with Gasteiger partial charge in [-0.3, -0.25) is 4.79 Å². The second-order valence-electron chi connectivity index (χ2n) is 6.25. The summed E-state index contributed by atoms with van der Waals surface area (Å²) in [5.74, 6) is 1.22. The maximum Gasteiger partial charge on any atom is 0.255 e. The molecule has 3 aromatic rings. The van der Waals surface area contributed by atoms with Crippen LogP contribution in [-0.4, -0.2) is 33.4 Å². The van der Waals surface area contributed by atoms with Crippen LogP contribution in [0.4, 0.5) is 5.69 Å². The van der Waals surface area contributed by atoms with E-state index in [2.05, 4.69) is 40.0 Å². The molecule has 0 aliphatic rings. The summed E-state index contributed by atoms with van der Waals surface area (Å²) in [4.78, 5) is 13.7.